The Bertz CT molecular complexity index is 272. The van der Waals surface area contributed by atoms with E-state index in [0.29, 0.717) is 5.54 Å². The number of aryl methyl sites for hydroxylation is 1. The minimum Gasteiger partial charge on any atom is -0.365 e. The van der Waals surface area contributed by atoms with Gasteiger partial charge >= 0.3 is 0 Å². The van der Waals surface area contributed by atoms with Crippen LogP contribution in [0.1, 0.15) is 25.3 Å². The number of nitrogens with one attached hydrogen (secondary N) is 1. The highest BCUT2D eigenvalue weighted by Crippen LogP contribution is 2.37. The first kappa shape index (κ1) is 7.59. The number of nitrogens with zero attached hydrogens (tertiary/aromatic N) is 1. The van der Waals surface area contributed by atoms with Crippen molar-refractivity contribution in [1.82, 2.24) is 4.98 Å². The number of hydrogen-bond donors (Lipinski definition) is 1. The monoisotopic (exact) mass is 162 g/mol. The maximum atomic E-state index is 4.29. The van der Waals surface area contributed by atoms with Gasteiger partial charge in [-0.15, -0.1) is 0 Å². The van der Waals surface area contributed by atoms with Crippen LogP contribution in [0.3, 0.4) is 0 Å². The maximum Gasteiger partial charge on any atom is 0.126 e. The second-order valence-corrected chi connectivity index (χ2v) is 3.91. The Hall–Kier alpha value is -1.05. The highest BCUT2D eigenvalue weighted by molar-refractivity contribution is 5.40. The van der Waals surface area contributed by atoms with Crippen LogP contribution in [0.25, 0.3) is 0 Å². The van der Waals surface area contributed by atoms with Crippen LogP contribution in [0.4, 0.5) is 5.82 Å². The van der Waals surface area contributed by atoms with Crippen molar-refractivity contribution >= 4 is 5.82 Å². The summed E-state index contributed by atoms with van der Waals surface area (Å²) in [7, 11) is 0. The van der Waals surface area contributed by atoms with E-state index in [-0.39, 0.29) is 0 Å². The molecular weight excluding hydrogens is 148 g/mol. The van der Waals surface area contributed by atoms with Gasteiger partial charge in [-0.05, 0) is 38.3 Å². The van der Waals surface area contributed by atoms with Crippen molar-refractivity contribution < 1.29 is 0 Å². The number of pyridine rings is 1. The maximum absolute atomic E-state index is 4.29. The SMILES string of the molecule is Cc1ccc(NC2(C)CC2)nc1. The van der Waals surface area contributed by atoms with E-state index >= 15 is 0 Å². The van der Waals surface area contributed by atoms with Gasteiger partial charge in [-0.1, -0.05) is 6.07 Å². The van der Waals surface area contributed by atoms with Gasteiger partial charge in [0, 0.05) is 11.7 Å². The molecule has 2 rings (SSSR count). The van der Waals surface area contributed by atoms with Gasteiger partial charge in [-0.2, -0.15) is 0 Å². The summed E-state index contributed by atoms with van der Waals surface area (Å²) < 4.78 is 0. The molecule has 0 radical (unpaired) electrons. The Balaban J connectivity index is 2.08. The van der Waals surface area contributed by atoms with Gasteiger partial charge in [0.05, 0.1) is 0 Å². The average molecular weight is 162 g/mol. The Labute approximate surface area is 73.0 Å². The second-order valence-electron chi connectivity index (χ2n) is 3.91. The number of aromatic nitrogens is 1. The van der Waals surface area contributed by atoms with E-state index in [4.69, 9.17) is 0 Å². The van der Waals surface area contributed by atoms with Gasteiger partial charge in [-0.3, -0.25) is 0 Å². The van der Waals surface area contributed by atoms with Crippen LogP contribution in [0.15, 0.2) is 18.3 Å². The number of anilines is 1. The predicted octanol–water partition coefficient (Wildman–Crippen LogP) is 2.35. The Kier molecular flexibility index (Phi) is 1.56. The molecule has 1 fully saturated rings. The Morgan fingerprint density at radius 2 is 2.17 bits per heavy atom. The zero-order valence-electron chi connectivity index (χ0n) is 7.59. The largest absolute Gasteiger partial charge is 0.365 e. The summed E-state index contributed by atoms with van der Waals surface area (Å²) in [5.41, 5.74) is 1.55. The van der Waals surface area contributed by atoms with Gasteiger partial charge in [0.15, 0.2) is 0 Å². The van der Waals surface area contributed by atoms with Crippen molar-refractivity contribution in [1.29, 1.82) is 0 Å². The van der Waals surface area contributed by atoms with Gasteiger partial charge in [0.1, 0.15) is 5.82 Å². The summed E-state index contributed by atoms with van der Waals surface area (Å²) in [6.45, 7) is 4.28. The van der Waals surface area contributed by atoms with Crippen molar-refractivity contribution in [2.45, 2.75) is 32.2 Å². The smallest absolute Gasteiger partial charge is 0.126 e. The minimum absolute atomic E-state index is 0.336. The van der Waals surface area contributed by atoms with Crippen LogP contribution >= 0.6 is 0 Å². The molecule has 0 atom stereocenters. The van der Waals surface area contributed by atoms with Gasteiger partial charge < -0.3 is 5.32 Å². The van der Waals surface area contributed by atoms with Crippen LogP contribution < -0.4 is 5.32 Å². The Morgan fingerprint density at radius 1 is 1.42 bits per heavy atom. The Morgan fingerprint density at radius 3 is 2.67 bits per heavy atom. The summed E-state index contributed by atoms with van der Waals surface area (Å²) in [6, 6.07) is 4.12. The van der Waals surface area contributed by atoms with Crippen LogP contribution in [0, 0.1) is 6.92 Å². The van der Waals surface area contributed by atoms with Crippen LogP contribution in [0.5, 0.6) is 0 Å². The zero-order chi connectivity index (χ0) is 8.60. The molecule has 0 saturated heterocycles. The molecule has 1 aromatic heterocycles. The molecule has 0 amide bonds. The van der Waals surface area contributed by atoms with E-state index in [1.54, 1.807) is 0 Å². The molecule has 64 valence electrons. The third kappa shape index (κ3) is 1.58. The van der Waals surface area contributed by atoms with Crippen molar-refractivity contribution in [2.24, 2.45) is 0 Å². The van der Waals surface area contributed by atoms with Crippen molar-refractivity contribution in [3.63, 3.8) is 0 Å². The summed E-state index contributed by atoms with van der Waals surface area (Å²) in [5.74, 6) is 1.00. The molecule has 2 heteroatoms. The van der Waals surface area contributed by atoms with Crippen LogP contribution in [-0.4, -0.2) is 10.5 Å². The number of rotatable bonds is 2. The van der Waals surface area contributed by atoms with E-state index < -0.39 is 0 Å². The van der Waals surface area contributed by atoms with Gasteiger partial charge in [-0.25, -0.2) is 4.98 Å². The molecule has 0 spiro atoms. The highest BCUT2D eigenvalue weighted by Gasteiger charge is 2.37. The lowest BCUT2D eigenvalue weighted by Gasteiger charge is -2.11. The molecule has 12 heavy (non-hydrogen) atoms. The lowest BCUT2D eigenvalue weighted by Crippen LogP contribution is -2.16. The first-order chi connectivity index (χ1) is 5.68. The molecule has 0 unspecified atom stereocenters. The lowest BCUT2D eigenvalue weighted by atomic mass is 10.3. The van der Waals surface area contributed by atoms with Crippen molar-refractivity contribution in [3.05, 3.63) is 23.9 Å². The van der Waals surface area contributed by atoms with E-state index in [0.717, 1.165) is 5.82 Å². The summed E-state index contributed by atoms with van der Waals surface area (Å²) in [6.07, 6.45) is 4.43. The van der Waals surface area contributed by atoms with E-state index in [1.807, 2.05) is 12.3 Å². The van der Waals surface area contributed by atoms with Crippen molar-refractivity contribution in [2.75, 3.05) is 5.32 Å². The van der Waals surface area contributed by atoms with E-state index in [1.165, 1.54) is 18.4 Å². The highest BCUT2D eigenvalue weighted by atomic mass is 15.1. The molecule has 1 aliphatic carbocycles. The summed E-state index contributed by atoms with van der Waals surface area (Å²) >= 11 is 0. The molecule has 0 aliphatic heterocycles. The average Bonchev–Trinajstić information content (AvgIpc) is 2.74. The topological polar surface area (TPSA) is 24.9 Å². The fourth-order valence-electron chi connectivity index (χ4n) is 1.16. The van der Waals surface area contributed by atoms with Gasteiger partial charge in [0.25, 0.3) is 0 Å². The third-order valence-electron chi connectivity index (χ3n) is 2.34. The predicted molar refractivity (Wildman–Crippen MR) is 50.2 cm³/mol. The fraction of sp³-hybridized carbons (Fsp3) is 0.500. The van der Waals surface area contributed by atoms with E-state index in [9.17, 15) is 0 Å². The quantitative estimate of drug-likeness (QED) is 0.722. The van der Waals surface area contributed by atoms with Crippen molar-refractivity contribution in [3.8, 4) is 0 Å². The van der Waals surface area contributed by atoms with Crippen LogP contribution in [0.2, 0.25) is 0 Å². The minimum atomic E-state index is 0.336. The summed E-state index contributed by atoms with van der Waals surface area (Å²) in [4.78, 5) is 4.29. The lowest BCUT2D eigenvalue weighted by molar-refractivity contribution is 0.821. The molecule has 1 saturated carbocycles. The number of hydrogen-bond acceptors (Lipinski definition) is 2. The van der Waals surface area contributed by atoms with Gasteiger partial charge in [0.2, 0.25) is 0 Å². The third-order valence-corrected chi connectivity index (χ3v) is 2.34. The normalized spacial score (nSPS) is 18.8. The molecule has 1 aromatic rings. The fourth-order valence-corrected chi connectivity index (χ4v) is 1.16. The molecule has 1 aliphatic rings. The molecule has 2 nitrogen and oxygen atoms in total. The molecule has 0 bridgehead atoms. The van der Waals surface area contributed by atoms with Crippen LogP contribution in [-0.2, 0) is 0 Å². The molecule has 1 heterocycles. The second kappa shape index (κ2) is 2.47. The first-order valence-electron chi connectivity index (χ1n) is 4.39. The molecular formula is C10H14N2. The molecule has 0 aromatic carbocycles. The summed E-state index contributed by atoms with van der Waals surface area (Å²) in [5, 5.41) is 3.41. The molecule has 1 N–H and O–H groups in total. The van der Waals surface area contributed by atoms with E-state index in [2.05, 4.69) is 30.2 Å². The first-order valence-corrected chi connectivity index (χ1v) is 4.39. The zero-order valence-corrected chi connectivity index (χ0v) is 7.59. The standard InChI is InChI=1S/C10H14N2/c1-8-3-4-9(11-7-8)12-10(2)5-6-10/h3-4,7H,5-6H2,1-2H3,(H,11,12).